The van der Waals surface area contributed by atoms with Gasteiger partial charge in [0, 0.05) is 10.9 Å². The molecule has 0 amide bonds. The maximum absolute atomic E-state index is 10.2. The first-order chi connectivity index (χ1) is 9.22. The van der Waals surface area contributed by atoms with Crippen LogP contribution < -0.4 is 0 Å². The number of aliphatic hydroxyl groups is 1. The van der Waals surface area contributed by atoms with Crippen LogP contribution >= 0.6 is 27.3 Å². The highest BCUT2D eigenvalue weighted by atomic mass is 79.9. The molecule has 1 atom stereocenters. The summed E-state index contributed by atoms with van der Waals surface area (Å²) in [6.45, 7) is 0. The van der Waals surface area contributed by atoms with Gasteiger partial charge in [0.25, 0.3) is 0 Å². The van der Waals surface area contributed by atoms with Gasteiger partial charge in [0.05, 0.1) is 21.3 Å². The molecule has 3 rings (SSSR count). The number of halogens is 1. The smallest absolute Gasteiger partial charge is 0.0967 e. The van der Waals surface area contributed by atoms with Gasteiger partial charge >= 0.3 is 0 Å². The summed E-state index contributed by atoms with van der Waals surface area (Å²) in [5, 5.41) is 11.2. The molecule has 0 fully saturated rings. The fourth-order valence-electron chi connectivity index (χ4n) is 1.98. The molecule has 1 aromatic heterocycles. The van der Waals surface area contributed by atoms with Gasteiger partial charge in [0.2, 0.25) is 0 Å². The van der Waals surface area contributed by atoms with Gasteiger partial charge in [-0.15, -0.1) is 11.3 Å². The standard InChI is InChI=1S/C15H12BrNOS/c16-11-7-5-10(6-8-11)13(18)9-15-17-12-3-1-2-4-14(12)19-15/h1-8,13,18H,9H2. The van der Waals surface area contributed by atoms with Crippen LogP contribution in [-0.2, 0) is 6.42 Å². The minimum Gasteiger partial charge on any atom is -0.388 e. The minimum atomic E-state index is -0.506. The highest BCUT2D eigenvalue weighted by molar-refractivity contribution is 9.10. The van der Waals surface area contributed by atoms with Crippen LogP contribution in [0.25, 0.3) is 10.2 Å². The van der Waals surface area contributed by atoms with Crippen molar-refractivity contribution in [3.63, 3.8) is 0 Å². The lowest BCUT2D eigenvalue weighted by atomic mass is 10.1. The normalized spacial score (nSPS) is 12.7. The molecule has 2 aromatic carbocycles. The van der Waals surface area contributed by atoms with Gasteiger partial charge in [-0.2, -0.15) is 0 Å². The van der Waals surface area contributed by atoms with Crippen LogP contribution in [0.2, 0.25) is 0 Å². The van der Waals surface area contributed by atoms with E-state index < -0.39 is 6.10 Å². The molecular weight excluding hydrogens is 322 g/mol. The molecule has 0 aliphatic carbocycles. The Bertz CT molecular complexity index is 660. The average molecular weight is 334 g/mol. The van der Waals surface area contributed by atoms with Gasteiger partial charge in [0.1, 0.15) is 0 Å². The van der Waals surface area contributed by atoms with Gasteiger partial charge in [0.15, 0.2) is 0 Å². The first-order valence-corrected chi connectivity index (χ1v) is 7.61. The Balaban J connectivity index is 1.82. The van der Waals surface area contributed by atoms with Gasteiger partial charge in [-0.3, -0.25) is 0 Å². The molecule has 4 heteroatoms. The van der Waals surface area contributed by atoms with Crippen LogP contribution in [0, 0.1) is 0 Å². The molecular formula is C15H12BrNOS. The molecule has 19 heavy (non-hydrogen) atoms. The van der Waals surface area contributed by atoms with E-state index in [-0.39, 0.29) is 0 Å². The Morgan fingerprint density at radius 3 is 2.58 bits per heavy atom. The Kier molecular flexibility index (Phi) is 3.64. The molecule has 0 aliphatic rings. The molecule has 0 aliphatic heterocycles. The van der Waals surface area contributed by atoms with Crippen LogP contribution in [0.4, 0.5) is 0 Å². The fourth-order valence-corrected chi connectivity index (χ4v) is 3.24. The summed E-state index contributed by atoms with van der Waals surface area (Å²) in [5.41, 5.74) is 1.92. The van der Waals surface area contributed by atoms with Crippen LogP contribution in [0.5, 0.6) is 0 Å². The predicted molar refractivity (Wildman–Crippen MR) is 82.4 cm³/mol. The highest BCUT2D eigenvalue weighted by Gasteiger charge is 2.11. The number of rotatable bonds is 3. The number of aliphatic hydroxyl groups excluding tert-OH is 1. The third-order valence-electron chi connectivity index (χ3n) is 2.96. The molecule has 1 N–H and O–H groups in total. The monoisotopic (exact) mass is 333 g/mol. The summed E-state index contributed by atoms with van der Waals surface area (Å²) in [6.07, 6.45) is 0.0507. The number of benzene rings is 2. The van der Waals surface area contributed by atoms with E-state index in [1.54, 1.807) is 11.3 Å². The Morgan fingerprint density at radius 1 is 1.11 bits per heavy atom. The summed E-state index contributed by atoms with van der Waals surface area (Å²) >= 11 is 5.04. The number of fused-ring (bicyclic) bond motifs is 1. The maximum Gasteiger partial charge on any atom is 0.0967 e. The lowest BCUT2D eigenvalue weighted by Crippen LogP contribution is -2.01. The lowest BCUT2D eigenvalue weighted by molar-refractivity contribution is 0.178. The second-order valence-corrected chi connectivity index (χ2v) is 6.38. The van der Waals surface area contributed by atoms with Crippen LogP contribution in [0.1, 0.15) is 16.7 Å². The van der Waals surface area contributed by atoms with Gasteiger partial charge < -0.3 is 5.11 Å². The van der Waals surface area contributed by atoms with E-state index in [1.807, 2.05) is 42.5 Å². The van der Waals surface area contributed by atoms with Crippen molar-refractivity contribution in [3.05, 3.63) is 63.6 Å². The van der Waals surface area contributed by atoms with Crippen molar-refractivity contribution in [2.45, 2.75) is 12.5 Å². The van der Waals surface area contributed by atoms with Gasteiger partial charge in [-0.25, -0.2) is 4.98 Å². The molecule has 3 aromatic rings. The van der Waals surface area contributed by atoms with Crippen molar-refractivity contribution >= 4 is 37.5 Å². The number of hydrogen-bond donors (Lipinski definition) is 1. The number of aromatic nitrogens is 1. The van der Waals surface area contributed by atoms with E-state index in [2.05, 4.69) is 27.0 Å². The summed E-state index contributed by atoms with van der Waals surface area (Å²) in [5.74, 6) is 0. The first kappa shape index (κ1) is 12.8. The molecule has 0 spiro atoms. The second kappa shape index (κ2) is 5.41. The van der Waals surface area contributed by atoms with Crippen molar-refractivity contribution in [2.24, 2.45) is 0 Å². The molecule has 1 unspecified atom stereocenters. The van der Waals surface area contributed by atoms with Crippen molar-refractivity contribution in [1.29, 1.82) is 0 Å². The molecule has 96 valence electrons. The fraction of sp³-hybridized carbons (Fsp3) is 0.133. The summed E-state index contributed by atoms with van der Waals surface area (Å²) in [7, 11) is 0. The Hall–Kier alpha value is -1.23. The number of thiazole rings is 1. The van der Waals surface area contributed by atoms with Crippen molar-refractivity contribution < 1.29 is 5.11 Å². The number of hydrogen-bond acceptors (Lipinski definition) is 3. The topological polar surface area (TPSA) is 33.1 Å². The first-order valence-electron chi connectivity index (χ1n) is 6.00. The van der Waals surface area contributed by atoms with E-state index in [1.165, 1.54) is 4.70 Å². The Morgan fingerprint density at radius 2 is 1.84 bits per heavy atom. The quantitative estimate of drug-likeness (QED) is 0.773. The molecule has 2 nitrogen and oxygen atoms in total. The summed E-state index contributed by atoms with van der Waals surface area (Å²) < 4.78 is 2.18. The van der Waals surface area contributed by atoms with Crippen molar-refractivity contribution in [3.8, 4) is 0 Å². The van der Waals surface area contributed by atoms with Crippen LogP contribution in [0.15, 0.2) is 53.0 Å². The summed E-state index contributed by atoms with van der Waals surface area (Å²) in [4.78, 5) is 4.55. The Labute approximate surface area is 123 Å². The minimum absolute atomic E-state index is 0.506. The third-order valence-corrected chi connectivity index (χ3v) is 4.55. The second-order valence-electron chi connectivity index (χ2n) is 4.35. The molecule has 0 radical (unpaired) electrons. The van der Waals surface area contributed by atoms with Gasteiger partial charge in [-0.1, -0.05) is 40.2 Å². The van der Waals surface area contributed by atoms with E-state index in [0.29, 0.717) is 6.42 Å². The zero-order valence-electron chi connectivity index (χ0n) is 10.1. The molecule has 0 saturated heterocycles. The van der Waals surface area contributed by atoms with Crippen LogP contribution in [-0.4, -0.2) is 10.1 Å². The SMILES string of the molecule is OC(Cc1nc2ccccc2s1)c1ccc(Br)cc1. The highest BCUT2D eigenvalue weighted by Crippen LogP contribution is 2.26. The number of para-hydroxylation sites is 1. The maximum atomic E-state index is 10.2. The molecule has 0 saturated carbocycles. The third kappa shape index (κ3) is 2.86. The van der Waals surface area contributed by atoms with Crippen LogP contribution in [0.3, 0.4) is 0 Å². The van der Waals surface area contributed by atoms with Crippen molar-refractivity contribution in [1.82, 2.24) is 4.98 Å². The van der Waals surface area contributed by atoms with Gasteiger partial charge in [-0.05, 0) is 29.8 Å². The zero-order chi connectivity index (χ0) is 13.2. The van der Waals surface area contributed by atoms with E-state index >= 15 is 0 Å². The zero-order valence-corrected chi connectivity index (χ0v) is 12.5. The lowest BCUT2D eigenvalue weighted by Gasteiger charge is -2.08. The summed E-state index contributed by atoms with van der Waals surface area (Å²) in [6, 6.07) is 15.8. The van der Waals surface area contributed by atoms with E-state index in [9.17, 15) is 5.11 Å². The largest absolute Gasteiger partial charge is 0.388 e. The molecule has 0 bridgehead atoms. The van der Waals surface area contributed by atoms with Crippen molar-refractivity contribution in [2.75, 3.05) is 0 Å². The predicted octanol–water partition coefficient (Wildman–Crippen LogP) is 4.33. The molecule has 1 heterocycles. The van der Waals surface area contributed by atoms with E-state index in [0.717, 1.165) is 20.6 Å². The van der Waals surface area contributed by atoms with E-state index in [4.69, 9.17) is 0 Å². The average Bonchev–Trinajstić information content (AvgIpc) is 2.81. The number of nitrogens with zero attached hydrogens (tertiary/aromatic N) is 1.